The van der Waals surface area contributed by atoms with Crippen molar-refractivity contribution in [1.29, 1.82) is 0 Å². The molecule has 2 aliphatic rings. The molecule has 0 aromatic carbocycles. The normalized spacial score (nSPS) is 19.8. The van der Waals surface area contributed by atoms with E-state index in [2.05, 4.69) is 11.4 Å². The van der Waals surface area contributed by atoms with Crippen LogP contribution in [0.25, 0.3) is 0 Å². The average Bonchev–Trinajstić information content (AvgIpc) is 3.24. The Balaban J connectivity index is 1.39. The molecule has 2 aliphatic carbocycles. The van der Waals surface area contributed by atoms with E-state index in [9.17, 15) is 0 Å². The van der Waals surface area contributed by atoms with Crippen LogP contribution < -0.4 is 5.32 Å². The van der Waals surface area contributed by atoms with Crippen molar-refractivity contribution in [2.45, 2.75) is 51.3 Å². The summed E-state index contributed by atoms with van der Waals surface area (Å²) in [4.78, 5) is 0. The van der Waals surface area contributed by atoms with Crippen molar-refractivity contribution in [3.8, 4) is 0 Å². The van der Waals surface area contributed by atoms with Crippen LogP contribution in [0.3, 0.4) is 0 Å². The SMILES string of the molecule is c1cc(CNC2CC2)c(COCCC2CC2)o1. The van der Waals surface area contributed by atoms with E-state index < -0.39 is 0 Å². The molecule has 0 unspecified atom stereocenters. The Morgan fingerprint density at radius 3 is 2.94 bits per heavy atom. The number of rotatable bonds is 8. The summed E-state index contributed by atoms with van der Waals surface area (Å²) in [6.07, 6.45) is 8.44. The summed E-state index contributed by atoms with van der Waals surface area (Å²) in [6.45, 7) is 2.42. The van der Waals surface area contributed by atoms with E-state index in [0.717, 1.165) is 30.9 Å². The second kappa shape index (κ2) is 5.23. The third-order valence-electron chi connectivity index (χ3n) is 3.60. The highest BCUT2D eigenvalue weighted by atomic mass is 16.5. The first-order chi connectivity index (χ1) is 8.42. The number of nitrogens with one attached hydrogen (secondary N) is 1. The molecule has 17 heavy (non-hydrogen) atoms. The topological polar surface area (TPSA) is 34.4 Å². The Morgan fingerprint density at radius 1 is 1.29 bits per heavy atom. The quantitative estimate of drug-likeness (QED) is 0.704. The van der Waals surface area contributed by atoms with E-state index in [1.165, 1.54) is 37.7 Å². The van der Waals surface area contributed by atoms with Crippen LogP contribution in [0, 0.1) is 5.92 Å². The predicted molar refractivity (Wildman–Crippen MR) is 65.6 cm³/mol. The average molecular weight is 235 g/mol. The maximum atomic E-state index is 5.67. The van der Waals surface area contributed by atoms with E-state index in [0.29, 0.717) is 6.61 Å². The molecular formula is C14H21NO2. The molecule has 0 spiro atoms. The first-order valence-electron chi connectivity index (χ1n) is 6.78. The third-order valence-corrected chi connectivity index (χ3v) is 3.60. The van der Waals surface area contributed by atoms with Crippen LogP contribution >= 0.6 is 0 Å². The molecule has 3 rings (SSSR count). The maximum absolute atomic E-state index is 5.67. The summed E-state index contributed by atoms with van der Waals surface area (Å²) < 4.78 is 11.1. The Kier molecular flexibility index (Phi) is 3.48. The van der Waals surface area contributed by atoms with Gasteiger partial charge in [-0.25, -0.2) is 0 Å². The summed E-state index contributed by atoms with van der Waals surface area (Å²) in [6, 6.07) is 2.79. The molecule has 3 heteroatoms. The lowest BCUT2D eigenvalue weighted by Crippen LogP contribution is -2.15. The molecule has 0 radical (unpaired) electrons. The summed E-state index contributed by atoms with van der Waals surface area (Å²) in [5.74, 6) is 1.94. The molecule has 0 aliphatic heterocycles. The fourth-order valence-corrected chi connectivity index (χ4v) is 2.01. The van der Waals surface area contributed by atoms with E-state index in [1.807, 2.05) is 0 Å². The number of ether oxygens (including phenoxy) is 1. The van der Waals surface area contributed by atoms with Crippen molar-refractivity contribution in [1.82, 2.24) is 5.32 Å². The van der Waals surface area contributed by atoms with Crippen molar-refractivity contribution < 1.29 is 9.15 Å². The minimum absolute atomic E-state index is 0.626. The highest BCUT2D eigenvalue weighted by molar-refractivity contribution is 5.16. The molecule has 0 amide bonds. The molecule has 0 atom stereocenters. The van der Waals surface area contributed by atoms with Gasteiger partial charge in [0.2, 0.25) is 0 Å². The van der Waals surface area contributed by atoms with E-state index in [-0.39, 0.29) is 0 Å². The van der Waals surface area contributed by atoms with Gasteiger partial charge in [0.05, 0.1) is 6.26 Å². The van der Waals surface area contributed by atoms with Crippen LogP contribution in [0.5, 0.6) is 0 Å². The minimum Gasteiger partial charge on any atom is -0.467 e. The summed E-state index contributed by atoms with van der Waals surface area (Å²) >= 11 is 0. The molecule has 2 fully saturated rings. The first-order valence-corrected chi connectivity index (χ1v) is 6.78. The Bertz CT molecular complexity index is 353. The zero-order chi connectivity index (χ0) is 11.5. The maximum Gasteiger partial charge on any atom is 0.133 e. The van der Waals surface area contributed by atoms with Gasteiger partial charge in [-0.15, -0.1) is 0 Å². The number of hydrogen-bond acceptors (Lipinski definition) is 3. The first kappa shape index (κ1) is 11.3. The second-order valence-corrected chi connectivity index (χ2v) is 5.31. The molecule has 2 saturated carbocycles. The fourth-order valence-electron chi connectivity index (χ4n) is 2.01. The Morgan fingerprint density at radius 2 is 2.18 bits per heavy atom. The molecule has 1 heterocycles. The van der Waals surface area contributed by atoms with Gasteiger partial charge in [-0.05, 0) is 31.2 Å². The van der Waals surface area contributed by atoms with Crippen molar-refractivity contribution in [2.24, 2.45) is 5.92 Å². The fraction of sp³-hybridized carbons (Fsp3) is 0.714. The van der Waals surface area contributed by atoms with Crippen molar-refractivity contribution in [2.75, 3.05) is 6.61 Å². The Labute approximate surface area is 103 Å². The van der Waals surface area contributed by atoms with E-state index >= 15 is 0 Å². The highest BCUT2D eigenvalue weighted by Crippen LogP contribution is 2.32. The monoisotopic (exact) mass is 235 g/mol. The van der Waals surface area contributed by atoms with Gasteiger partial charge in [-0.3, -0.25) is 0 Å². The second-order valence-electron chi connectivity index (χ2n) is 5.31. The lowest BCUT2D eigenvalue weighted by Gasteiger charge is -2.05. The van der Waals surface area contributed by atoms with Gasteiger partial charge in [-0.2, -0.15) is 0 Å². The molecule has 1 aromatic rings. The standard InChI is InChI=1S/C14H21NO2/c1-2-11(1)5-7-16-10-14-12(6-8-17-14)9-15-13-3-4-13/h6,8,11,13,15H,1-5,7,9-10H2. The van der Waals surface area contributed by atoms with Crippen LogP contribution in [0.4, 0.5) is 0 Å². The smallest absolute Gasteiger partial charge is 0.133 e. The molecule has 3 nitrogen and oxygen atoms in total. The van der Waals surface area contributed by atoms with Crippen molar-refractivity contribution in [3.05, 3.63) is 23.7 Å². The molecule has 94 valence electrons. The van der Waals surface area contributed by atoms with Gasteiger partial charge in [0.15, 0.2) is 0 Å². The van der Waals surface area contributed by atoms with Gasteiger partial charge in [0, 0.05) is 24.8 Å². The van der Waals surface area contributed by atoms with Crippen LogP contribution in [0.2, 0.25) is 0 Å². The van der Waals surface area contributed by atoms with Crippen LogP contribution in [0.1, 0.15) is 43.4 Å². The largest absolute Gasteiger partial charge is 0.467 e. The van der Waals surface area contributed by atoms with Crippen molar-refractivity contribution >= 4 is 0 Å². The molecule has 0 bridgehead atoms. The predicted octanol–water partition coefficient (Wildman–Crippen LogP) is 2.85. The van der Waals surface area contributed by atoms with Gasteiger partial charge in [-0.1, -0.05) is 12.8 Å². The zero-order valence-corrected chi connectivity index (χ0v) is 10.3. The lowest BCUT2D eigenvalue weighted by molar-refractivity contribution is 0.100. The van der Waals surface area contributed by atoms with Gasteiger partial charge < -0.3 is 14.5 Å². The van der Waals surface area contributed by atoms with E-state index in [1.54, 1.807) is 6.26 Å². The minimum atomic E-state index is 0.626. The van der Waals surface area contributed by atoms with Crippen LogP contribution in [0.15, 0.2) is 16.7 Å². The summed E-state index contributed by atoms with van der Waals surface area (Å²) in [7, 11) is 0. The zero-order valence-electron chi connectivity index (χ0n) is 10.3. The van der Waals surface area contributed by atoms with Gasteiger partial charge in [0.1, 0.15) is 12.4 Å². The van der Waals surface area contributed by atoms with Gasteiger partial charge >= 0.3 is 0 Å². The number of hydrogen-bond donors (Lipinski definition) is 1. The van der Waals surface area contributed by atoms with Gasteiger partial charge in [0.25, 0.3) is 0 Å². The lowest BCUT2D eigenvalue weighted by atomic mass is 10.2. The summed E-state index contributed by atoms with van der Waals surface area (Å²) in [5, 5.41) is 3.50. The number of furan rings is 1. The molecule has 1 aromatic heterocycles. The Hall–Kier alpha value is -0.800. The van der Waals surface area contributed by atoms with Crippen LogP contribution in [-0.4, -0.2) is 12.6 Å². The van der Waals surface area contributed by atoms with Crippen molar-refractivity contribution in [3.63, 3.8) is 0 Å². The molecule has 0 saturated heterocycles. The summed E-state index contributed by atoms with van der Waals surface area (Å²) in [5.41, 5.74) is 1.25. The van der Waals surface area contributed by atoms with Crippen LogP contribution in [-0.2, 0) is 17.9 Å². The molecular weight excluding hydrogens is 214 g/mol. The third kappa shape index (κ3) is 3.58. The van der Waals surface area contributed by atoms with E-state index in [4.69, 9.17) is 9.15 Å². The molecule has 1 N–H and O–H groups in total. The highest BCUT2D eigenvalue weighted by Gasteiger charge is 2.21.